The summed E-state index contributed by atoms with van der Waals surface area (Å²) in [6, 6.07) is 9.24. The molecule has 0 aromatic heterocycles. The lowest BCUT2D eigenvalue weighted by atomic mass is 10.0. The van der Waals surface area contributed by atoms with Crippen LogP contribution in [0, 0.1) is 6.92 Å². The minimum atomic E-state index is -4.58. The second-order valence-electron chi connectivity index (χ2n) is 6.23. The Bertz CT molecular complexity index is 1050. The number of carbonyl (C=O) groups is 2. The van der Waals surface area contributed by atoms with Gasteiger partial charge in [-0.3, -0.25) is 19.8 Å². The molecule has 9 heteroatoms. The topological polar surface area (TPSA) is 58.6 Å². The molecular formula is C20H15F3N2O3S. The summed E-state index contributed by atoms with van der Waals surface area (Å²) < 4.78 is 44.2. The van der Waals surface area contributed by atoms with E-state index >= 15 is 0 Å². The number of carbonyl (C=O) groups excluding carboxylic acids is 2. The standard InChI is InChI=1S/C20H15F3N2O3S/c1-11-8-15(28-2)7-6-12(11)9-16-17(26)24-19(29)25(18(16)27)14-5-3-4-13(10-14)20(21,22)23/h3-10H,1-2H3,(H,24,26,29)/b16-9+. The third-order valence-corrected chi connectivity index (χ3v) is 4.59. The third kappa shape index (κ3) is 4.14. The van der Waals surface area contributed by atoms with Crippen molar-refractivity contribution in [2.45, 2.75) is 13.1 Å². The molecule has 0 atom stereocenters. The fraction of sp³-hybridized carbons (Fsp3) is 0.150. The zero-order valence-corrected chi connectivity index (χ0v) is 16.1. The Hall–Kier alpha value is -3.20. The number of methoxy groups -OCH3 is 1. The molecule has 1 fully saturated rings. The molecule has 0 radical (unpaired) electrons. The number of hydrogen-bond acceptors (Lipinski definition) is 4. The highest BCUT2D eigenvalue weighted by atomic mass is 32.1. The molecule has 1 heterocycles. The number of anilines is 1. The molecule has 1 N–H and O–H groups in total. The average molecular weight is 420 g/mol. The van der Waals surface area contributed by atoms with Gasteiger partial charge in [0.1, 0.15) is 11.3 Å². The number of hydrogen-bond donors (Lipinski definition) is 1. The number of rotatable bonds is 3. The molecule has 1 aliphatic rings. The van der Waals surface area contributed by atoms with Gasteiger partial charge in [0.2, 0.25) is 0 Å². The van der Waals surface area contributed by atoms with Crippen LogP contribution in [0.2, 0.25) is 0 Å². The molecule has 2 aromatic rings. The molecule has 0 spiro atoms. The second-order valence-corrected chi connectivity index (χ2v) is 6.62. The first-order valence-corrected chi connectivity index (χ1v) is 8.76. The zero-order chi connectivity index (χ0) is 21.3. The van der Waals surface area contributed by atoms with Crippen LogP contribution in [0.5, 0.6) is 5.75 Å². The van der Waals surface area contributed by atoms with Crippen molar-refractivity contribution in [2.75, 3.05) is 12.0 Å². The van der Waals surface area contributed by atoms with E-state index in [1.807, 2.05) is 0 Å². The van der Waals surface area contributed by atoms with E-state index in [1.54, 1.807) is 25.1 Å². The van der Waals surface area contributed by atoms with E-state index in [2.05, 4.69) is 5.32 Å². The van der Waals surface area contributed by atoms with Crippen LogP contribution in [0.3, 0.4) is 0 Å². The minimum absolute atomic E-state index is 0.0906. The maximum absolute atomic E-state index is 13.0. The average Bonchev–Trinajstić information content (AvgIpc) is 2.65. The highest BCUT2D eigenvalue weighted by Crippen LogP contribution is 2.32. The molecule has 2 aromatic carbocycles. The molecular weight excluding hydrogens is 405 g/mol. The SMILES string of the molecule is COc1ccc(/C=C2\C(=O)NC(=S)N(c3cccc(C(F)(F)F)c3)C2=O)c(C)c1. The molecule has 5 nitrogen and oxygen atoms in total. The lowest BCUT2D eigenvalue weighted by Gasteiger charge is -2.29. The van der Waals surface area contributed by atoms with Crippen molar-refractivity contribution >= 4 is 40.9 Å². The van der Waals surface area contributed by atoms with Gasteiger partial charge in [-0.15, -0.1) is 0 Å². The first-order chi connectivity index (χ1) is 13.6. The quantitative estimate of drug-likeness (QED) is 0.466. The van der Waals surface area contributed by atoms with E-state index in [0.29, 0.717) is 11.3 Å². The predicted octanol–water partition coefficient (Wildman–Crippen LogP) is 3.85. The number of alkyl halides is 3. The molecule has 29 heavy (non-hydrogen) atoms. The molecule has 2 amide bonds. The highest BCUT2D eigenvalue weighted by Gasteiger charge is 2.36. The largest absolute Gasteiger partial charge is 0.497 e. The second kappa shape index (κ2) is 7.67. The van der Waals surface area contributed by atoms with Crippen LogP contribution in [-0.2, 0) is 15.8 Å². The molecule has 0 saturated carbocycles. The lowest BCUT2D eigenvalue weighted by Crippen LogP contribution is -2.54. The Morgan fingerprint density at radius 3 is 2.48 bits per heavy atom. The van der Waals surface area contributed by atoms with Crippen molar-refractivity contribution in [2.24, 2.45) is 0 Å². The first kappa shape index (κ1) is 20.5. The van der Waals surface area contributed by atoms with Crippen molar-refractivity contribution in [3.8, 4) is 5.75 Å². The van der Waals surface area contributed by atoms with Gasteiger partial charge in [-0.25, -0.2) is 0 Å². The molecule has 0 unspecified atom stereocenters. The molecule has 0 aliphatic carbocycles. The number of amides is 2. The predicted molar refractivity (Wildman–Crippen MR) is 105 cm³/mol. The summed E-state index contributed by atoms with van der Waals surface area (Å²) >= 11 is 5.02. The van der Waals surface area contributed by atoms with Crippen LogP contribution in [0.4, 0.5) is 18.9 Å². The summed E-state index contributed by atoms with van der Waals surface area (Å²) in [6.45, 7) is 1.77. The van der Waals surface area contributed by atoms with Crippen LogP contribution in [0.1, 0.15) is 16.7 Å². The number of benzene rings is 2. The van der Waals surface area contributed by atoms with Gasteiger partial charge in [0.05, 0.1) is 18.4 Å². The first-order valence-electron chi connectivity index (χ1n) is 8.35. The maximum Gasteiger partial charge on any atom is 0.416 e. The Balaban J connectivity index is 2.03. The number of thiocarbonyl (C=S) groups is 1. The third-order valence-electron chi connectivity index (χ3n) is 4.31. The summed E-state index contributed by atoms with van der Waals surface area (Å²) in [6.07, 6.45) is -3.21. The van der Waals surface area contributed by atoms with Gasteiger partial charge in [0, 0.05) is 0 Å². The molecule has 150 valence electrons. The Kier molecular flexibility index (Phi) is 5.43. The van der Waals surface area contributed by atoms with Gasteiger partial charge in [-0.05, 0) is 66.7 Å². The fourth-order valence-corrected chi connectivity index (χ4v) is 3.09. The van der Waals surface area contributed by atoms with Crippen LogP contribution >= 0.6 is 12.2 Å². The summed E-state index contributed by atoms with van der Waals surface area (Å²) in [5.74, 6) is -0.928. The Labute approximate surface area is 169 Å². The van der Waals surface area contributed by atoms with Crippen molar-refractivity contribution < 1.29 is 27.5 Å². The summed E-state index contributed by atoms with van der Waals surface area (Å²) in [4.78, 5) is 26.2. The van der Waals surface area contributed by atoms with Crippen molar-refractivity contribution in [3.63, 3.8) is 0 Å². The van der Waals surface area contributed by atoms with Crippen LogP contribution in [0.15, 0.2) is 48.0 Å². The number of nitrogens with one attached hydrogen (secondary N) is 1. The van der Waals surface area contributed by atoms with E-state index in [1.165, 1.54) is 25.3 Å². The van der Waals surface area contributed by atoms with E-state index in [9.17, 15) is 22.8 Å². The molecule has 1 aliphatic heterocycles. The smallest absolute Gasteiger partial charge is 0.416 e. The summed E-state index contributed by atoms with van der Waals surface area (Å²) in [7, 11) is 1.51. The van der Waals surface area contributed by atoms with Gasteiger partial charge in [-0.2, -0.15) is 13.2 Å². The number of ether oxygens (including phenoxy) is 1. The number of halogens is 3. The normalized spacial score (nSPS) is 16.2. The van der Waals surface area contributed by atoms with Crippen molar-refractivity contribution in [1.29, 1.82) is 0 Å². The Morgan fingerprint density at radius 2 is 1.86 bits per heavy atom. The van der Waals surface area contributed by atoms with Crippen LogP contribution in [-0.4, -0.2) is 24.0 Å². The highest BCUT2D eigenvalue weighted by molar-refractivity contribution is 7.80. The van der Waals surface area contributed by atoms with Gasteiger partial charge in [0.15, 0.2) is 5.11 Å². The number of aryl methyl sites for hydroxylation is 1. The molecule has 0 bridgehead atoms. The minimum Gasteiger partial charge on any atom is -0.497 e. The van der Waals surface area contributed by atoms with Gasteiger partial charge < -0.3 is 4.74 Å². The summed E-state index contributed by atoms with van der Waals surface area (Å²) in [5, 5.41) is 2.06. The maximum atomic E-state index is 13.0. The number of nitrogens with zero attached hydrogens (tertiary/aromatic N) is 1. The van der Waals surface area contributed by atoms with Crippen molar-refractivity contribution in [1.82, 2.24) is 5.32 Å². The monoisotopic (exact) mass is 420 g/mol. The van der Waals surface area contributed by atoms with Gasteiger partial charge in [-0.1, -0.05) is 12.1 Å². The van der Waals surface area contributed by atoms with Crippen LogP contribution in [0.25, 0.3) is 6.08 Å². The lowest BCUT2D eigenvalue weighted by molar-refractivity contribution is -0.137. The van der Waals surface area contributed by atoms with E-state index in [-0.39, 0.29) is 16.4 Å². The Morgan fingerprint density at radius 1 is 1.14 bits per heavy atom. The van der Waals surface area contributed by atoms with E-state index in [4.69, 9.17) is 17.0 Å². The summed E-state index contributed by atoms with van der Waals surface area (Å²) in [5.41, 5.74) is 0.0628. The zero-order valence-electron chi connectivity index (χ0n) is 15.3. The van der Waals surface area contributed by atoms with E-state index in [0.717, 1.165) is 22.6 Å². The van der Waals surface area contributed by atoms with E-state index < -0.39 is 23.6 Å². The molecule has 3 rings (SSSR count). The van der Waals surface area contributed by atoms with Crippen LogP contribution < -0.4 is 15.0 Å². The molecule has 1 saturated heterocycles. The fourth-order valence-electron chi connectivity index (χ4n) is 2.81. The van der Waals surface area contributed by atoms with Gasteiger partial charge >= 0.3 is 6.18 Å². The van der Waals surface area contributed by atoms with Gasteiger partial charge in [0.25, 0.3) is 11.8 Å². The van der Waals surface area contributed by atoms with Crippen molar-refractivity contribution in [3.05, 3.63) is 64.7 Å².